The molecule has 2 N–H and O–H groups in total. The predicted molar refractivity (Wildman–Crippen MR) is 198 cm³/mol. The number of nitrogens with one attached hydrogen (secondary N) is 1. The number of hydrogen-bond donors (Lipinski definition) is 2. The van der Waals surface area contributed by atoms with E-state index in [0.717, 1.165) is 9.58 Å². The number of halogens is 2. The molecule has 0 bridgehead atoms. The third kappa shape index (κ3) is 5.39. The Bertz CT molecular complexity index is 2390. The van der Waals surface area contributed by atoms with Crippen LogP contribution in [0.4, 0.5) is 5.69 Å². The van der Waals surface area contributed by atoms with Crippen LogP contribution in [0.25, 0.3) is 5.69 Å². The highest BCUT2D eigenvalue weighted by molar-refractivity contribution is 6.36. The lowest BCUT2D eigenvalue weighted by molar-refractivity contribution is -0.138. The first-order valence-corrected chi connectivity index (χ1v) is 17.7. The monoisotopic (exact) mass is 753 g/mol. The van der Waals surface area contributed by atoms with Crippen LogP contribution in [-0.4, -0.2) is 56.2 Å². The molecule has 2 aliphatic heterocycles. The SMILES string of the molecule is COc1ccc(C23C(=O)N(Nc4ccc(Cl)cc4Cl)C(=O)C2CC2C(=CCn4c(=O)n(-c5ccccc5)c(=O)n42)C3c2ccc(OCCO)cc2)cc1. The van der Waals surface area contributed by atoms with Crippen molar-refractivity contribution in [3.05, 3.63) is 151 Å². The number of amides is 2. The van der Waals surface area contributed by atoms with Crippen LogP contribution < -0.4 is 26.3 Å². The lowest BCUT2D eigenvalue weighted by Crippen LogP contribution is -2.53. The van der Waals surface area contributed by atoms with Gasteiger partial charge in [-0.2, -0.15) is 5.01 Å². The molecule has 1 aromatic heterocycles. The minimum atomic E-state index is -1.53. The molecule has 4 aromatic carbocycles. The van der Waals surface area contributed by atoms with Crippen LogP contribution in [0.1, 0.15) is 29.5 Å². The Morgan fingerprint density at radius 1 is 0.887 bits per heavy atom. The zero-order chi connectivity index (χ0) is 37.0. The number of anilines is 1. The Hall–Kier alpha value is -5.56. The van der Waals surface area contributed by atoms with Gasteiger partial charge in [-0.05, 0) is 77.7 Å². The van der Waals surface area contributed by atoms with E-state index >= 15 is 4.79 Å². The molecule has 5 aromatic rings. The molecular weight excluding hydrogens is 721 g/mol. The normalized spacial score (nSPS) is 21.8. The number of carbonyl (C=O) groups excluding carboxylic acids is 2. The second kappa shape index (κ2) is 13.4. The first-order valence-electron chi connectivity index (χ1n) is 17.0. The number of benzene rings is 4. The number of imide groups is 1. The zero-order valence-corrected chi connectivity index (χ0v) is 29.8. The summed E-state index contributed by atoms with van der Waals surface area (Å²) in [4.78, 5) is 58.4. The number of para-hydroxylation sites is 1. The van der Waals surface area contributed by atoms with E-state index in [2.05, 4.69) is 5.43 Å². The van der Waals surface area contributed by atoms with E-state index in [0.29, 0.717) is 44.6 Å². The van der Waals surface area contributed by atoms with Crippen LogP contribution in [-0.2, 0) is 21.5 Å². The number of aliphatic hydroxyl groups excluding tert-OH is 1. The molecule has 3 heterocycles. The maximum absolute atomic E-state index is 15.4. The molecule has 12 nitrogen and oxygen atoms in total. The van der Waals surface area contributed by atoms with Crippen LogP contribution in [0.15, 0.2) is 118 Å². The van der Waals surface area contributed by atoms with Gasteiger partial charge in [0.05, 0.1) is 54.0 Å². The maximum Gasteiger partial charge on any atom is 0.352 e. The predicted octanol–water partition coefficient (Wildman–Crippen LogP) is 5.11. The van der Waals surface area contributed by atoms with Gasteiger partial charge in [0.15, 0.2) is 0 Å². The Labute approximate surface area is 312 Å². The Morgan fingerprint density at radius 3 is 2.28 bits per heavy atom. The van der Waals surface area contributed by atoms with E-state index in [1.54, 1.807) is 86.0 Å². The maximum atomic E-state index is 15.4. The van der Waals surface area contributed by atoms with Gasteiger partial charge in [-0.3, -0.25) is 15.0 Å². The summed E-state index contributed by atoms with van der Waals surface area (Å²) in [6, 6.07) is 26.8. The van der Waals surface area contributed by atoms with E-state index < -0.39 is 46.5 Å². The number of nitrogens with zero attached hydrogens (tertiary/aromatic N) is 4. The standard InChI is InChI=1S/C39H33Cl2N5O7/c1-52-27-14-9-24(10-15-27)39-30(35(48)45(36(39)49)42-32-16-11-25(40)21-31(32)41)22-33-29(34(39)23-7-12-28(13-8-23)53-20-19-47)17-18-43-37(50)44(38(51)46(33)43)26-5-3-2-4-6-26/h2-17,21,30,33-34,42,47H,18-20,22H2,1H3. The molecule has 0 spiro atoms. The number of aromatic nitrogens is 3. The van der Waals surface area contributed by atoms with Gasteiger partial charge in [-0.25, -0.2) is 23.5 Å². The lowest BCUT2D eigenvalue weighted by atomic mass is 9.53. The van der Waals surface area contributed by atoms with Crippen LogP contribution in [0.5, 0.6) is 11.5 Å². The molecule has 1 aliphatic carbocycles. The summed E-state index contributed by atoms with van der Waals surface area (Å²) in [5.74, 6) is -1.81. The molecule has 3 aliphatic rings. The van der Waals surface area contributed by atoms with Crippen molar-refractivity contribution in [1.29, 1.82) is 0 Å². The number of carbonyl (C=O) groups is 2. The first kappa shape index (κ1) is 34.5. The number of hydrazine groups is 1. The van der Waals surface area contributed by atoms with E-state index in [9.17, 15) is 19.5 Å². The molecule has 14 heteroatoms. The quantitative estimate of drug-likeness (QED) is 0.157. The summed E-state index contributed by atoms with van der Waals surface area (Å²) in [5, 5.41) is 10.9. The van der Waals surface area contributed by atoms with Gasteiger partial charge in [0.25, 0.3) is 11.8 Å². The van der Waals surface area contributed by atoms with E-state index in [1.807, 2.05) is 18.2 Å². The molecule has 0 radical (unpaired) electrons. The van der Waals surface area contributed by atoms with Gasteiger partial charge >= 0.3 is 11.4 Å². The van der Waals surface area contributed by atoms with Gasteiger partial charge in [0, 0.05) is 10.9 Å². The van der Waals surface area contributed by atoms with Gasteiger partial charge < -0.3 is 14.6 Å². The van der Waals surface area contributed by atoms with Gasteiger partial charge in [0.1, 0.15) is 18.1 Å². The second-order valence-electron chi connectivity index (χ2n) is 13.1. The summed E-state index contributed by atoms with van der Waals surface area (Å²) in [5.41, 5.74) is 3.05. The molecule has 4 unspecified atom stereocenters. The third-order valence-electron chi connectivity index (χ3n) is 10.4. The second-order valence-corrected chi connectivity index (χ2v) is 13.9. The minimum Gasteiger partial charge on any atom is -0.497 e. The number of fused-ring (bicyclic) bond motifs is 4. The molecule has 1 saturated carbocycles. The number of hydrogen-bond acceptors (Lipinski definition) is 8. The lowest BCUT2D eigenvalue weighted by Gasteiger charge is -2.49. The fourth-order valence-electron chi connectivity index (χ4n) is 8.20. The number of methoxy groups -OCH3 is 1. The summed E-state index contributed by atoms with van der Waals surface area (Å²) in [7, 11) is 1.54. The van der Waals surface area contributed by atoms with Crippen molar-refractivity contribution in [2.75, 3.05) is 25.7 Å². The smallest absolute Gasteiger partial charge is 0.352 e. The number of aliphatic hydroxyl groups is 1. The molecule has 53 heavy (non-hydrogen) atoms. The molecular formula is C39H33Cl2N5O7. The first-order chi connectivity index (χ1) is 25.7. The van der Waals surface area contributed by atoms with Gasteiger partial charge in [-0.15, -0.1) is 0 Å². The highest BCUT2D eigenvalue weighted by atomic mass is 35.5. The van der Waals surface area contributed by atoms with E-state index in [1.165, 1.54) is 15.4 Å². The fourth-order valence-corrected chi connectivity index (χ4v) is 8.65. The fraction of sp³-hybridized carbons (Fsp3) is 0.231. The largest absolute Gasteiger partial charge is 0.497 e. The molecule has 1 saturated heterocycles. The van der Waals surface area contributed by atoms with Crippen LogP contribution in [0, 0.1) is 5.92 Å². The van der Waals surface area contributed by atoms with Crippen molar-refractivity contribution in [2.45, 2.75) is 30.3 Å². The van der Waals surface area contributed by atoms with Crippen molar-refractivity contribution < 1.29 is 24.2 Å². The van der Waals surface area contributed by atoms with Crippen molar-refractivity contribution in [1.82, 2.24) is 18.9 Å². The van der Waals surface area contributed by atoms with Crippen molar-refractivity contribution in [2.24, 2.45) is 5.92 Å². The Balaban J connectivity index is 1.36. The number of rotatable bonds is 9. The number of ether oxygens (including phenoxy) is 2. The summed E-state index contributed by atoms with van der Waals surface area (Å²) in [6.07, 6.45) is 1.92. The summed E-state index contributed by atoms with van der Waals surface area (Å²) >= 11 is 12.7. The van der Waals surface area contributed by atoms with Crippen LogP contribution in [0.2, 0.25) is 10.0 Å². The number of allylic oxidation sites excluding steroid dienone is 2. The van der Waals surface area contributed by atoms with Crippen LogP contribution >= 0.6 is 23.2 Å². The minimum absolute atomic E-state index is 0.0291. The van der Waals surface area contributed by atoms with Crippen molar-refractivity contribution in [3.63, 3.8) is 0 Å². The molecule has 2 amide bonds. The topological polar surface area (TPSA) is 137 Å². The molecule has 270 valence electrons. The van der Waals surface area contributed by atoms with E-state index in [4.69, 9.17) is 32.7 Å². The summed E-state index contributed by atoms with van der Waals surface area (Å²) in [6.45, 7) is -0.0211. The average molecular weight is 755 g/mol. The summed E-state index contributed by atoms with van der Waals surface area (Å²) < 4.78 is 15.1. The molecule has 4 atom stereocenters. The van der Waals surface area contributed by atoms with E-state index in [-0.39, 0.29) is 31.2 Å². The zero-order valence-electron chi connectivity index (χ0n) is 28.3. The Kier molecular flexibility index (Phi) is 8.76. The van der Waals surface area contributed by atoms with Gasteiger partial charge in [-0.1, -0.05) is 71.7 Å². The Morgan fingerprint density at radius 2 is 1.60 bits per heavy atom. The average Bonchev–Trinajstić information content (AvgIpc) is 3.56. The third-order valence-corrected chi connectivity index (χ3v) is 11.0. The van der Waals surface area contributed by atoms with Crippen molar-refractivity contribution in [3.8, 4) is 17.2 Å². The highest BCUT2D eigenvalue weighted by Crippen LogP contribution is 2.62. The van der Waals surface area contributed by atoms with Gasteiger partial charge in [0.2, 0.25) is 0 Å². The molecule has 2 fully saturated rings. The molecule has 8 rings (SSSR count). The highest BCUT2D eigenvalue weighted by Gasteiger charge is 2.68. The van der Waals surface area contributed by atoms with Crippen molar-refractivity contribution >= 4 is 40.7 Å². The van der Waals surface area contributed by atoms with Crippen LogP contribution in [0.3, 0.4) is 0 Å².